The Morgan fingerprint density at radius 2 is 1.83 bits per heavy atom. The Balaban J connectivity index is 1.58. The minimum atomic E-state index is -0.551. The molecule has 0 spiro atoms. The fourth-order valence-electron chi connectivity index (χ4n) is 3.68. The first-order valence-electron chi connectivity index (χ1n) is 9.56. The number of nitrogens with zero attached hydrogens (tertiary/aromatic N) is 2. The van der Waals surface area contributed by atoms with Crippen LogP contribution >= 0.6 is 0 Å². The van der Waals surface area contributed by atoms with Crippen LogP contribution in [0.15, 0.2) is 53.2 Å². The number of aryl methyl sites for hydroxylation is 1. The lowest BCUT2D eigenvalue weighted by Gasteiger charge is -2.40. The molecule has 7 heteroatoms. The van der Waals surface area contributed by atoms with Crippen molar-refractivity contribution in [3.63, 3.8) is 0 Å². The summed E-state index contributed by atoms with van der Waals surface area (Å²) in [4.78, 5) is 28.9. The molecule has 1 aliphatic rings. The van der Waals surface area contributed by atoms with E-state index in [9.17, 15) is 9.59 Å². The van der Waals surface area contributed by atoms with Crippen LogP contribution in [0.4, 0.5) is 5.88 Å². The molecule has 2 amide bonds. The molecule has 0 bridgehead atoms. The summed E-state index contributed by atoms with van der Waals surface area (Å²) in [7, 11) is 1.58. The van der Waals surface area contributed by atoms with Gasteiger partial charge in [0.15, 0.2) is 0 Å². The minimum absolute atomic E-state index is 0.0709. The Kier molecular flexibility index (Phi) is 4.88. The van der Waals surface area contributed by atoms with E-state index in [0.29, 0.717) is 11.6 Å². The van der Waals surface area contributed by atoms with Crippen molar-refractivity contribution in [2.75, 3.05) is 12.4 Å². The van der Waals surface area contributed by atoms with Gasteiger partial charge < -0.3 is 9.84 Å². The standard InChI is InChI=1S/C22H22N4O3/c1-14-12-19(29-26-14)25-21(28)22(9-3-10-22)17-6-4-15(5-7-17)16-8-11-24-18(13-16)20(27)23-2/h4-8,11-13H,3,9-10H2,1-2H3,(H,23,27)(H,25,28). The third kappa shape index (κ3) is 3.51. The van der Waals surface area contributed by atoms with E-state index < -0.39 is 5.41 Å². The maximum Gasteiger partial charge on any atom is 0.269 e. The number of amides is 2. The lowest BCUT2D eigenvalue weighted by Crippen LogP contribution is -2.45. The molecule has 4 rings (SSSR count). The first-order chi connectivity index (χ1) is 14.0. The van der Waals surface area contributed by atoms with Crippen molar-refractivity contribution in [2.45, 2.75) is 31.6 Å². The van der Waals surface area contributed by atoms with Crippen molar-refractivity contribution in [3.8, 4) is 11.1 Å². The lowest BCUT2D eigenvalue weighted by molar-refractivity contribution is -0.124. The van der Waals surface area contributed by atoms with E-state index in [4.69, 9.17) is 4.52 Å². The molecule has 29 heavy (non-hydrogen) atoms. The fourth-order valence-corrected chi connectivity index (χ4v) is 3.68. The van der Waals surface area contributed by atoms with Crippen molar-refractivity contribution < 1.29 is 14.1 Å². The predicted octanol–water partition coefficient (Wildman–Crippen LogP) is 3.47. The van der Waals surface area contributed by atoms with Crippen molar-refractivity contribution in [1.29, 1.82) is 0 Å². The number of hydrogen-bond donors (Lipinski definition) is 2. The topological polar surface area (TPSA) is 97.1 Å². The minimum Gasteiger partial charge on any atom is -0.354 e. The quantitative estimate of drug-likeness (QED) is 0.695. The molecule has 0 atom stereocenters. The van der Waals surface area contributed by atoms with Crippen LogP contribution < -0.4 is 10.6 Å². The zero-order valence-electron chi connectivity index (χ0n) is 16.4. The van der Waals surface area contributed by atoms with Crippen LogP contribution in [0.1, 0.15) is 41.0 Å². The summed E-state index contributed by atoms with van der Waals surface area (Å²) < 4.78 is 5.13. The molecule has 0 saturated heterocycles. The highest BCUT2D eigenvalue weighted by molar-refractivity contribution is 5.99. The molecule has 148 valence electrons. The number of benzene rings is 1. The van der Waals surface area contributed by atoms with E-state index in [2.05, 4.69) is 20.8 Å². The van der Waals surface area contributed by atoms with E-state index >= 15 is 0 Å². The number of pyridine rings is 1. The molecule has 1 aromatic carbocycles. The Morgan fingerprint density at radius 1 is 1.07 bits per heavy atom. The maximum atomic E-state index is 13.0. The fraction of sp³-hybridized carbons (Fsp3) is 0.273. The number of nitrogens with one attached hydrogen (secondary N) is 2. The summed E-state index contributed by atoms with van der Waals surface area (Å²) in [6.45, 7) is 1.81. The summed E-state index contributed by atoms with van der Waals surface area (Å²) >= 11 is 0. The van der Waals surface area contributed by atoms with Gasteiger partial charge in [-0.3, -0.25) is 19.9 Å². The first kappa shape index (κ1) is 18.9. The van der Waals surface area contributed by atoms with Crippen LogP contribution in [0.5, 0.6) is 0 Å². The normalized spacial score (nSPS) is 14.7. The van der Waals surface area contributed by atoms with Crippen LogP contribution in [-0.2, 0) is 10.2 Å². The monoisotopic (exact) mass is 390 g/mol. The third-order valence-electron chi connectivity index (χ3n) is 5.50. The molecule has 7 nitrogen and oxygen atoms in total. The van der Waals surface area contributed by atoms with Crippen LogP contribution in [0.25, 0.3) is 11.1 Å². The van der Waals surface area contributed by atoms with Crippen LogP contribution in [-0.4, -0.2) is 29.0 Å². The first-order valence-corrected chi connectivity index (χ1v) is 9.56. The van der Waals surface area contributed by atoms with E-state index in [1.807, 2.05) is 37.3 Å². The largest absolute Gasteiger partial charge is 0.354 e. The Bertz CT molecular complexity index is 1050. The van der Waals surface area contributed by atoms with Gasteiger partial charge in [0.1, 0.15) is 5.69 Å². The van der Waals surface area contributed by atoms with Gasteiger partial charge in [0.25, 0.3) is 5.91 Å². The second-order valence-electron chi connectivity index (χ2n) is 7.31. The number of aromatic nitrogens is 2. The summed E-state index contributed by atoms with van der Waals surface area (Å²) in [6.07, 6.45) is 4.21. The van der Waals surface area contributed by atoms with Gasteiger partial charge in [-0.05, 0) is 48.6 Å². The summed E-state index contributed by atoms with van der Waals surface area (Å²) in [5.74, 6) is 0.0728. The highest BCUT2D eigenvalue weighted by atomic mass is 16.5. The Hall–Kier alpha value is -3.48. The summed E-state index contributed by atoms with van der Waals surface area (Å²) in [6, 6.07) is 13.3. The van der Waals surface area contributed by atoms with Gasteiger partial charge >= 0.3 is 0 Å². The molecule has 0 unspecified atom stereocenters. The zero-order chi connectivity index (χ0) is 20.4. The molecule has 1 saturated carbocycles. The summed E-state index contributed by atoms with van der Waals surface area (Å²) in [5, 5.41) is 9.25. The molecular weight excluding hydrogens is 368 g/mol. The van der Waals surface area contributed by atoms with E-state index in [-0.39, 0.29) is 11.8 Å². The molecule has 0 radical (unpaired) electrons. The average Bonchev–Trinajstić information content (AvgIpc) is 3.11. The van der Waals surface area contributed by atoms with Crippen molar-refractivity contribution in [2.24, 2.45) is 0 Å². The van der Waals surface area contributed by atoms with Crippen LogP contribution in [0, 0.1) is 6.92 Å². The second kappa shape index (κ2) is 7.50. The highest BCUT2D eigenvalue weighted by Gasteiger charge is 2.45. The van der Waals surface area contributed by atoms with Gasteiger partial charge in [-0.1, -0.05) is 35.8 Å². The molecule has 2 N–H and O–H groups in total. The van der Waals surface area contributed by atoms with Crippen molar-refractivity contribution in [3.05, 3.63) is 65.6 Å². The number of carbonyl (C=O) groups is 2. The van der Waals surface area contributed by atoms with Crippen LogP contribution in [0.3, 0.4) is 0 Å². The molecule has 0 aliphatic heterocycles. The van der Waals surface area contributed by atoms with E-state index in [1.165, 1.54) is 0 Å². The van der Waals surface area contributed by atoms with Gasteiger partial charge in [-0.2, -0.15) is 0 Å². The molecule has 1 fully saturated rings. The molecule has 2 heterocycles. The predicted molar refractivity (Wildman–Crippen MR) is 108 cm³/mol. The average molecular weight is 390 g/mol. The number of hydrogen-bond acceptors (Lipinski definition) is 5. The summed E-state index contributed by atoms with van der Waals surface area (Å²) in [5.41, 5.74) is 3.37. The smallest absolute Gasteiger partial charge is 0.269 e. The number of anilines is 1. The van der Waals surface area contributed by atoms with Gasteiger partial charge in [0.2, 0.25) is 11.8 Å². The van der Waals surface area contributed by atoms with Crippen molar-refractivity contribution >= 4 is 17.7 Å². The molecule has 3 aromatic rings. The zero-order valence-corrected chi connectivity index (χ0v) is 16.4. The molecule has 1 aliphatic carbocycles. The molecule has 2 aromatic heterocycles. The van der Waals surface area contributed by atoms with Gasteiger partial charge in [-0.15, -0.1) is 0 Å². The maximum absolute atomic E-state index is 13.0. The van der Waals surface area contributed by atoms with Gasteiger partial charge in [0, 0.05) is 19.3 Å². The van der Waals surface area contributed by atoms with Crippen molar-refractivity contribution in [1.82, 2.24) is 15.5 Å². The van der Waals surface area contributed by atoms with E-state index in [0.717, 1.165) is 41.6 Å². The van der Waals surface area contributed by atoms with Crippen LogP contribution in [0.2, 0.25) is 0 Å². The highest BCUT2D eigenvalue weighted by Crippen LogP contribution is 2.45. The SMILES string of the molecule is CNC(=O)c1cc(-c2ccc(C3(C(=O)Nc4cc(C)no4)CCC3)cc2)ccn1. The van der Waals surface area contributed by atoms with E-state index in [1.54, 1.807) is 25.4 Å². The number of rotatable bonds is 5. The Labute approximate surface area is 168 Å². The second-order valence-corrected chi connectivity index (χ2v) is 7.31. The lowest BCUT2D eigenvalue weighted by atomic mass is 9.63. The number of carbonyl (C=O) groups excluding carboxylic acids is 2. The van der Waals surface area contributed by atoms with Gasteiger partial charge in [-0.25, -0.2) is 0 Å². The molecular formula is C22H22N4O3. The third-order valence-corrected chi connectivity index (χ3v) is 5.50. The van der Waals surface area contributed by atoms with Gasteiger partial charge in [0.05, 0.1) is 11.1 Å². The Morgan fingerprint density at radius 3 is 2.41 bits per heavy atom.